The minimum absolute atomic E-state index is 0.157. The van der Waals surface area contributed by atoms with Crippen LogP contribution in [0.1, 0.15) is 28.6 Å². The van der Waals surface area contributed by atoms with Crippen LogP contribution in [-0.4, -0.2) is 16.7 Å². The number of carbonyl (C=O) groups excluding carboxylic acids is 1. The van der Waals surface area contributed by atoms with E-state index in [1.165, 1.54) is 16.9 Å². The maximum Gasteiger partial charge on any atom is 0.254 e. The second-order valence-corrected chi connectivity index (χ2v) is 6.94. The Bertz CT molecular complexity index is 1090. The minimum atomic E-state index is -0.157. The first-order valence-electron chi connectivity index (χ1n) is 8.76. The molecule has 4 aromatic rings. The van der Waals surface area contributed by atoms with Crippen LogP contribution in [0.5, 0.6) is 0 Å². The van der Waals surface area contributed by atoms with Crippen LogP contribution in [0.15, 0.2) is 69.7 Å². The lowest BCUT2D eigenvalue weighted by molar-refractivity contribution is 0.0949. The lowest BCUT2D eigenvalue weighted by Gasteiger charge is -2.02. The maximum absolute atomic E-state index is 12.5. The molecule has 0 saturated carbocycles. The van der Waals surface area contributed by atoms with Gasteiger partial charge >= 0.3 is 0 Å². The highest BCUT2D eigenvalue weighted by molar-refractivity contribution is 7.14. The molecule has 0 saturated heterocycles. The van der Waals surface area contributed by atoms with Gasteiger partial charge in [-0.15, -0.1) is 11.3 Å². The molecule has 0 bridgehead atoms. The van der Waals surface area contributed by atoms with Crippen molar-refractivity contribution in [1.29, 1.82) is 0 Å². The molecule has 0 atom stereocenters. The van der Waals surface area contributed by atoms with Crippen LogP contribution >= 0.6 is 11.3 Å². The molecule has 0 fully saturated rings. The van der Waals surface area contributed by atoms with Gasteiger partial charge < -0.3 is 14.3 Å². The highest BCUT2D eigenvalue weighted by Crippen LogP contribution is 2.27. The molecule has 0 aliphatic rings. The number of aromatic nitrogens is 1. The van der Waals surface area contributed by atoms with Crippen LogP contribution < -0.4 is 5.32 Å². The molecule has 1 aromatic carbocycles. The molecule has 5 nitrogen and oxygen atoms in total. The van der Waals surface area contributed by atoms with Crippen molar-refractivity contribution in [2.75, 3.05) is 0 Å². The van der Waals surface area contributed by atoms with Gasteiger partial charge in [0.1, 0.15) is 10.8 Å². The molecule has 3 heterocycles. The lowest BCUT2D eigenvalue weighted by Crippen LogP contribution is -2.22. The number of furan rings is 1. The number of nitrogens with one attached hydrogen (secondary N) is 1. The molecule has 1 amide bonds. The molecule has 0 aliphatic heterocycles. The third-order valence-corrected chi connectivity index (χ3v) is 5.19. The van der Waals surface area contributed by atoms with E-state index < -0.39 is 0 Å². The van der Waals surface area contributed by atoms with Crippen molar-refractivity contribution < 1.29 is 9.21 Å². The zero-order valence-corrected chi connectivity index (χ0v) is 15.7. The van der Waals surface area contributed by atoms with E-state index in [0.29, 0.717) is 17.1 Å². The summed E-state index contributed by atoms with van der Waals surface area (Å²) < 4.78 is 7.44. The number of fused-ring (bicyclic) bond motifs is 1. The maximum atomic E-state index is 12.5. The molecule has 0 radical (unpaired) electrons. The number of para-hydroxylation sites is 1. The van der Waals surface area contributed by atoms with E-state index in [2.05, 4.69) is 40.1 Å². The van der Waals surface area contributed by atoms with Gasteiger partial charge in [-0.1, -0.05) is 18.2 Å². The number of aliphatic imine (C=N–C) groups is 1. The quantitative estimate of drug-likeness (QED) is 0.481. The number of thiophene rings is 1. The number of hydrogen-bond donors (Lipinski definition) is 1. The van der Waals surface area contributed by atoms with Crippen molar-refractivity contribution in [2.24, 2.45) is 4.99 Å². The topological polar surface area (TPSA) is 59.5 Å². The number of benzene rings is 1. The number of nitrogens with zero attached hydrogens (tertiary/aromatic N) is 2. The van der Waals surface area contributed by atoms with E-state index in [1.807, 2.05) is 29.8 Å². The van der Waals surface area contributed by atoms with E-state index >= 15 is 0 Å². The van der Waals surface area contributed by atoms with E-state index in [9.17, 15) is 4.79 Å². The molecule has 0 spiro atoms. The molecule has 4 rings (SSSR count). The van der Waals surface area contributed by atoms with Crippen molar-refractivity contribution >= 4 is 39.4 Å². The second-order valence-electron chi connectivity index (χ2n) is 6.05. The average molecular weight is 377 g/mol. The normalized spacial score (nSPS) is 11.4. The van der Waals surface area contributed by atoms with Crippen molar-refractivity contribution in [1.82, 2.24) is 9.88 Å². The van der Waals surface area contributed by atoms with E-state index in [1.54, 1.807) is 18.4 Å². The Balaban J connectivity index is 1.56. The van der Waals surface area contributed by atoms with Crippen molar-refractivity contribution in [2.45, 2.75) is 20.0 Å². The van der Waals surface area contributed by atoms with Crippen LogP contribution in [0.2, 0.25) is 0 Å². The van der Waals surface area contributed by atoms with Crippen molar-refractivity contribution in [3.05, 3.63) is 77.2 Å². The Hall–Kier alpha value is -3.12. The summed E-state index contributed by atoms with van der Waals surface area (Å²) in [5.74, 6) is 0.562. The molecular formula is C21H19N3O2S. The molecular weight excluding hydrogens is 358 g/mol. The summed E-state index contributed by atoms with van der Waals surface area (Å²) in [7, 11) is 0. The fraction of sp³-hybridized carbons (Fsp3) is 0.143. The fourth-order valence-electron chi connectivity index (χ4n) is 3.02. The van der Waals surface area contributed by atoms with Gasteiger partial charge in [-0.25, -0.2) is 4.99 Å². The predicted molar refractivity (Wildman–Crippen MR) is 109 cm³/mol. The molecule has 27 heavy (non-hydrogen) atoms. The van der Waals surface area contributed by atoms with E-state index in [-0.39, 0.29) is 5.91 Å². The molecule has 136 valence electrons. The van der Waals surface area contributed by atoms with E-state index in [0.717, 1.165) is 23.3 Å². The molecule has 1 N–H and O–H groups in total. The smallest absolute Gasteiger partial charge is 0.254 e. The SMILES string of the molecule is CCn1cc(/C=N/c2sccc2C(=O)NCc2ccco2)c2ccccc21. The summed E-state index contributed by atoms with van der Waals surface area (Å²) in [6, 6.07) is 13.7. The standard InChI is InChI=1S/C21H19N3O2S/c1-2-24-14-15(17-7-3-4-8-19(17)24)12-23-21-18(9-11-27-21)20(25)22-13-16-6-5-10-26-16/h3-12,14H,2,13H2,1H3,(H,22,25)/b23-12+. The zero-order valence-electron chi connectivity index (χ0n) is 14.9. The van der Waals surface area contributed by atoms with Gasteiger partial charge in [0.2, 0.25) is 0 Å². The van der Waals surface area contributed by atoms with Gasteiger partial charge in [-0.2, -0.15) is 0 Å². The second kappa shape index (κ2) is 7.63. The van der Waals surface area contributed by atoms with Gasteiger partial charge in [0, 0.05) is 35.4 Å². The summed E-state index contributed by atoms with van der Waals surface area (Å²) in [5.41, 5.74) is 2.80. The molecule has 0 unspecified atom stereocenters. The van der Waals surface area contributed by atoms with Crippen LogP contribution in [0, 0.1) is 0 Å². The van der Waals surface area contributed by atoms with Crippen LogP contribution in [0.3, 0.4) is 0 Å². The lowest BCUT2D eigenvalue weighted by atomic mass is 10.2. The first-order valence-corrected chi connectivity index (χ1v) is 9.64. The number of hydrogen-bond acceptors (Lipinski definition) is 4. The number of carbonyl (C=O) groups is 1. The Kier molecular flexibility index (Phi) is 4.89. The number of rotatable bonds is 6. The Morgan fingerprint density at radius 1 is 1.26 bits per heavy atom. The largest absolute Gasteiger partial charge is 0.467 e. The summed E-state index contributed by atoms with van der Waals surface area (Å²) in [5, 5.41) is 6.59. The van der Waals surface area contributed by atoms with Crippen LogP contribution in [-0.2, 0) is 13.1 Å². The predicted octanol–water partition coefficient (Wildman–Crippen LogP) is 5.00. The highest BCUT2D eigenvalue weighted by Gasteiger charge is 2.13. The molecule has 3 aromatic heterocycles. The summed E-state index contributed by atoms with van der Waals surface area (Å²) in [6.07, 6.45) is 5.52. The third-order valence-electron chi connectivity index (χ3n) is 4.37. The number of amides is 1. The Morgan fingerprint density at radius 2 is 2.15 bits per heavy atom. The first kappa shape index (κ1) is 17.3. The van der Waals surface area contributed by atoms with Gasteiger partial charge in [-0.05, 0) is 36.6 Å². The summed E-state index contributed by atoms with van der Waals surface area (Å²) >= 11 is 1.45. The average Bonchev–Trinajstić information content (AvgIpc) is 3.44. The van der Waals surface area contributed by atoms with Gasteiger partial charge in [0.15, 0.2) is 0 Å². The Morgan fingerprint density at radius 3 is 2.96 bits per heavy atom. The van der Waals surface area contributed by atoms with Crippen molar-refractivity contribution in [3.63, 3.8) is 0 Å². The summed E-state index contributed by atoms with van der Waals surface area (Å²) in [4.78, 5) is 17.1. The van der Waals surface area contributed by atoms with Gasteiger partial charge in [-0.3, -0.25) is 4.79 Å². The Labute approximate surface area is 161 Å². The summed E-state index contributed by atoms with van der Waals surface area (Å²) in [6.45, 7) is 3.37. The number of aryl methyl sites for hydroxylation is 1. The molecule has 0 aliphatic carbocycles. The van der Waals surface area contributed by atoms with E-state index in [4.69, 9.17) is 4.42 Å². The van der Waals surface area contributed by atoms with Gasteiger partial charge in [0.05, 0.1) is 18.4 Å². The van der Waals surface area contributed by atoms with Crippen LogP contribution in [0.4, 0.5) is 5.00 Å². The zero-order chi connectivity index (χ0) is 18.6. The van der Waals surface area contributed by atoms with Gasteiger partial charge in [0.25, 0.3) is 5.91 Å². The third kappa shape index (κ3) is 3.57. The van der Waals surface area contributed by atoms with Crippen molar-refractivity contribution in [3.8, 4) is 0 Å². The highest BCUT2D eigenvalue weighted by atomic mass is 32.1. The first-order chi connectivity index (χ1) is 13.3. The molecule has 6 heteroatoms. The fourth-order valence-corrected chi connectivity index (χ4v) is 3.75. The van der Waals surface area contributed by atoms with Crippen LogP contribution in [0.25, 0.3) is 10.9 Å². The monoisotopic (exact) mass is 377 g/mol. The minimum Gasteiger partial charge on any atom is -0.467 e.